The monoisotopic (exact) mass is 504 g/mol. The van der Waals surface area contributed by atoms with E-state index in [1.54, 1.807) is 30.0 Å². The quantitative estimate of drug-likeness (QED) is 0.380. The highest BCUT2D eigenvalue weighted by molar-refractivity contribution is 7.98. The lowest BCUT2D eigenvalue weighted by atomic mass is 10.1. The van der Waals surface area contributed by atoms with Gasteiger partial charge in [0.25, 0.3) is 15.9 Å². The van der Waals surface area contributed by atoms with Gasteiger partial charge >= 0.3 is 0 Å². The Hall–Kier alpha value is -2.68. The van der Waals surface area contributed by atoms with Crippen LogP contribution in [0.2, 0.25) is 5.02 Å². The number of thioether (sulfide) groups is 1. The van der Waals surface area contributed by atoms with Crippen molar-refractivity contribution in [1.29, 1.82) is 0 Å². The molecule has 3 aromatic rings. The van der Waals surface area contributed by atoms with Crippen molar-refractivity contribution in [1.82, 2.24) is 5.32 Å². The second-order valence-electron chi connectivity index (χ2n) is 7.39. The largest absolute Gasteiger partial charge is 0.484 e. The molecule has 2 N–H and O–H groups in total. The van der Waals surface area contributed by atoms with Crippen LogP contribution in [0.25, 0.3) is 0 Å². The number of hydrogen-bond acceptors (Lipinski definition) is 5. The molecule has 0 bridgehead atoms. The first-order valence-corrected chi connectivity index (χ1v) is 13.2. The van der Waals surface area contributed by atoms with E-state index in [1.807, 2.05) is 44.4 Å². The van der Waals surface area contributed by atoms with Crippen LogP contribution in [-0.2, 0) is 14.8 Å². The molecular weight excluding hydrogens is 480 g/mol. The number of ether oxygens (including phenoxy) is 1. The number of anilines is 1. The van der Waals surface area contributed by atoms with Crippen LogP contribution in [0.3, 0.4) is 0 Å². The van der Waals surface area contributed by atoms with Gasteiger partial charge in [-0.15, -0.1) is 11.8 Å². The van der Waals surface area contributed by atoms with Crippen molar-refractivity contribution >= 4 is 45.0 Å². The predicted octanol–water partition coefficient (Wildman–Crippen LogP) is 5.43. The summed E-state index contributed by atoms with van der Waals surface area (Å²) in [6.45, 7) is 3.56. The van der Waals surface area contributed by atoms with E-state index in [9.17, 15) is 13.2 Å². The van der Waals surface area contributed by atoms with Gasteiger partial charge in [0.05, 0.1) is 16.6 Å². The number of aryl methyl sites for hydroxylation is 1. The fraction of sp³-hybridized carbons (Fsp3) is 0.208. The minimum atomic E-state index is -3.79. The van der Waals surface area contributed by atoms with Crippen LogP contribution in [0, 0.1) is 6.92 Å². The number of benzene rings is 3. The van der Waals surface area contributed by atoms with Crippen LogP contribution in [0.1, 0.15) is 24.1 Å². The van der Waals surface area contributed by atoms with Crippen molar-refractivity contribution in [3.8, 4) is 5.75 Å². The normalized spacial score (nSPS) is 12.1. The van der Waals surface area contributed by atoms with Gasteiger partial charge in [-0.2, -0.15) is 0 Å². The van der Waals surface area contributed by atoms with E-state index < -0.39 is 10.0 Å². The fourth-order valence-electron chi connectivity index (χ4n) is 2.99. The summed E-state index contributed by atoms with van der Waals surface area (Å²) in [5, 5.41) is 3.36. The van der Waals surface area contributed by atoms with Crippen LogP contribution in [0.4, 0.5) is 5.69 Å². The third-order valence-corrected chi connectivity index (χ3v) is 7.47. The molecule has 0 radical (unpaired) electrons. The Morgan fingerprint density at radius 1 is 1.06 bits per heavy atom. The van der Waals surface area contributed by atoms with Gasteiger partial charge in [0.1, 0.15) is 5.75 Å². The molecule has 0 heterocycles. The van der Waals surface area contributed by atoms with Crippen molar-refractivity contribution in [2.24, 2.45) is 0 Å². The lowest BCUT2D eigenvalue weighted by Crippen LogP contribution is -2.31. The Bertz CT molecular complexity index is 1210. The maximum Gasteiger partial charge on any atom is 0.261 e. The molecule has 1 atom stereocenters. The standard InChI is InChI=1S/C24H25ClN2O4S2/c1-16-4-7-19(14-23(16)25)27-33(29,30)22-12-8-20(9-13-22)31-15-24(28)26-17(2)18-5-10-21(32-3)11-6-18/h4-14,17,27H,15H2,1-3H3,(H,26,28)/t17-/m1/s1. The Morgan fingerprint density at radius 3 is 2.33 bits per heavy atom. The van der Waals surface area contributed by atoms with E-state index in [0.29, 0.717) is 16.5 Å². The SMILES string of the molecule is CSc1ccc([C@@H](C)NC(=O)COc2ccc(S(=O)(=O)Nc3ccc(C)c(Cl)c3)cc2)cc1. The van der Waals surface area contributed by atoms with Gasteiger partial charge < -0.3 is 10.1 Å². The van der Waals surface area contributed by atoms with Gasteiger partial charge in [0.15, 0.2) is 6.61 Å². The van der Waals surface area contributed by atoms with Gasteiger partial charge in [-0.05, 0) is 79.8 Å². The topological polar surface area (TPSA) is 84.5 Å². The Morgan fingerprint density at radius 2 is 1.73 bits per heavy atom. The third kappa shape index (κ3) is 6.90. The molecular formula is C24H25ClN2O4S2. The first-order valence-electron chi connectivity index (χ1n) is 10.1. The summed E-state index contributed by atoms with van der Waals surface area (Å²) in [7, 11) is -3.79. The van der Waals surface area contributed by atoms with Crippen LogP contribution >= 0.6 is 23.4 Å². The number of carbonyl (C=O) groups excluding carboxylic acids is 1. The smallest absolute Gasteiger partial charge is 0.261 e. The van der Waals surface area contributed by atoms with Gasteiger partial charge in [-0.1, -0.05) is 29.8 Å². The molecule has 1 amide bonds. The van der Waals surface area contributed by atoms with Crippen molar-refractivity contribution in [3.63, 3.8) is 0 Å². The Labute approximate surface area is 203 Å². The number of halogens is 1. The van der Waals surface area contributed by atoms with E-state index in [0.717, 1.165) is 16.0 Å². The summed E-state index contributed by atoms with van der Waals surface area (Å²) in [4.78, 5) is 13.5. The molecule has 0 spiro atoms. The molecule has 0 aliphatic carbocycles. The molecule has 174 valence electrons. The lowest BCUT2D eigenvalue weighted by Gasteiger charge is -2.15. The highest BCUT2D eigenvalue weighted by Gasteiger charge is 2.15. The first kappa shape index (κ1) is 25.0. The summed E-state index contributed by atoms with van der Waals surface area (Å²) in [5.41, 5.74) is 2.23. The molecule has 3 rings (SSSR count). The number of amides is 1. The van der Waals surface area contributed by atoms with E-state index in [2.05, 4.69) is 10.0 Å². The molecule has 0 fully saturated rings. The van der Waals surface area contributed by atoms with Crippen LogP contribution < -0.4 is 14.8 Å². The summed E-state index contributed by atoms with van der Waals surface area (Å²) in [5.74, 6) is 0.116. The van der Waals surface area contributed by atoms with Gasteiger partial charge in [0, 0.05) is 9.92 Å². The van der Waals surface area contributed by atoms with E-state index in [-0.39, 0.29) is 23.5 Å². The van der Waals surface area contributed by atoms with E-state index >= 15 is 0 Å². The molecule has 6 nitrogen and oxygen atoms in total. The third-order valence-electron chi connectivity index (χ3n) is 4.92. The molecule has 3 aromatic carbocycles. The van der Waals surface area contributed by atoms with E-state index in [4.69, 9.17) is 16.3 Å². The summed E-state index contributed by atoms with van der Waals surface area (Å²) < 4.78 is 33.2. The maximum atomic E-state index is 12.6. The molecule has 0 aliphatic heterocycles. The van der Waals surface area contributed by atoms with Crippen LogP contribution in [0.15, 0.2) is 76.5 Å². The Kier molecular flexibility index (Phi) is 8.29. The zero-order valence-corrected chi connectivity index (χ0v) is 20.9. The highest BCUT2D eigenvalue weighted by atomic mass is 35.5. The Balaban J connectivity index is 1.55. The van der Waals surface area contributed by atoms with Crippen LogP contribution in [0.5, 0.6) is 5.75 Å². The summed E-state index contributed by atoms with van der Waals surface area (Å²) >= 11 is 7.72. The molecule has 0 unspecified atom stereocenters. The zero-order valence-electron chi connectivity index (χ0n) is 18.5. The maximum absolute atomic E-state index is 12.6. The second kappa shape index (κ2) is 11.0. The molecule has 0 saturated heterocycles. The fourth-order valence-corrected chi connectivity index (χ4v) is 4.63. The molecule has 0 aliphatic rings. The van der Waals surface area contributed by atoms with Crippen molar-refractivity contribution < 1.29 is 17.9 Å². The zero-order chi connectivity index (χ0) is 24.0. The average molecular weight is 505 g/mol. The molecule has 33 heavy (non-hydrogen) atoms. The minimum absolute atomic E-state index is 0.0679. The average Bonchev–Trinajstić information content (AvgIpc) is 2.80. The van der Waals surface area contributed by atoms with Crippen molar-refractivity contribution in [3.05, 3.63) is 82.9 Å². The predicted molar refractivity (Wildman–Crippen MR) is 134 cm³/mol. The van der Waals surface area contributed by atoms with Gasteiger partial charge in [0.2, 0.25) is 0 Å². The van der Waals surface area contributed by atoms with E-state index in [1.165, 1.54) is 24.3 Å². The number of rotatable bonds is 9. The first-order chi connectivity index (χ1) is 15.7. The number of carbonyl (C=O) groups is 1. The molecule has 0 saturated carbocycles. The minimum Gasteiger partial charge on any atom is -0.484 e. The number of hydrogen-bond donors (Lipinski definition) is 2. The van der Waals surface area contributed by atoms with Gasteiger partial charge in [-0.25, -0.2) is 8.42 Å². The number of sulfonamides is 1. The molecule has 0 aromatic heterocycles. The van der Waals surface area contributed by atoms with Crippen molar-refractivity contribution in [2.45, 2.75) is 29.7 Å². The second-order valence-corrected chi connectivity index (χ2v) is 10.4. The highest BCUT2D eigenvalue weighted by Crippen LogP contribution is 2.24. The van der Waals surface area contributed by atoms with Crippen molar-refractivity contribution in [2.75, 3.05) is 17.6 Å². The van der Waals surface area contributed by atoms with Gasteiger partial charge in [-0.3, -0.25) is 9.52 Å². The summed E-state index contributed by atoms with van der Waals surface area (Å²) in [6.07, 6.45) is 2.01. The lowest BCUT2D eigenvalue weighted by molar-refractivity contribution is -0.123. The molecule has 9 heteroatoms. The number of nitrogens with one attached hydrogen (secondary N) is 2. The van der Waals surface area contributed by atoms with Crippen LogP contribution in [-0.4, -0.2) is 27.2 Å². The summed E-state index contributed by atoms with van der Waals surface area (Å²) in [6, 6.07) is 18.6.